The van der Waals surface area contributed by atoms with Gasteiger partial charge in [-0.1, -0.05) is 0 Å². The summed E-state index contributed by atoms with van der Waals surface area (Å²) in [6.45, 7) is 0. The molecular weight excluding hydrogens is 453 g/mol. The molecule has 0 heterocycles. The summed E-state index contributed by atoms with van der Waals surface area (Å²) >= 11 is 0. The predicted octanol–water partition coefficient (Wildman–Crippen LogP) is 4.06. The quantitative estimate of drug-likeness (QED) is 0.486. The van der Waals surface area contributed by atoms with E-state index in [2.05, 4.69) is 0 Å². The van der Waals surface area contributed by atoms with Gasteiger partial charge in [-0.05, 0) is 0 Å². The molecule has 2 radical (unpaired) electrons. The van der Waals surface area contributed by atoms with E-state index in [1.807, 2.05) is 0 Å². The molecule has 2 nitrogen and oxygen atoms in total. The maximum absolute atomic E-state index is 12.8. The first-order valence-corrected chi connectivity index (χ1v) is 5.01. The number of carbonyl (C=O) groups is 1. The summed E-state index contributed by atoms with van der Waals surface area (Å²) in [6, 6.07) is 0. The van der Waals surface area contributed by atoms with E-state index in [4.69, 9.17) is 5.11 Å². The Hall–Kier alpha value is -0.320. The van der Waals surface area contributed by atoms with Crippen molar-refractivity contribution in [2.75, 3.05) is 0 Å². The van der Waals surface area contributed by atoms with Crippen LogP contribution in [0.25, 0.3) is 0 Å². The van der Waals surface area contributed by atoms with Crippen molar-refractivity contribution < 1.29 is 75.8 Å². The Morgan fingerprint density at radius 3 is 0.962 bits per heavy atom. The fraction of sp³-hybridized carbons (Fsp3) is 0.875. The molecule has 26 heavy (non-hydrogen) atoms. The third-order valence-electron chi connectivity index (χ3n) is 2.60. The van der Waals surface area contributed by atoms with Crippen molar-refractivity contribution in [3.63, 3.8) is 0 Å². The summed E-state index contributed by atoms with van der Waals surface area (Å²) in [6.07, 6.45) is -7.69. The Morgan fingerprint density at radius 1 is 0.500 bits per heavy atom. The van der Waals surface area contributed by atoms with Gasteiger partial charge in [-0.3, -0.25) is 0 Å². The number of carboxylic acid groups (broad SMARTS) is 1. The smallest absolute Gasteiger partial charge is 0.460 e. The predicted molar refractivity (Wildman–Crippen MR) is 49.1 cm³/mol. The average molecular weight is 454 g/mol. The van der Waals surface area contributed by atoms with Gasteiger partial charge in [0.15, 0.2) is 0 Å². The molecule has 0 aromatic rings. The zero-order valence-electron chi connectivity index (χ0n) is 11.2. The number of alkyl halides is 15. The fourth-order valence-corrected chi connectivity index (χ4v) is 1.10. The molecule has 0 unspecified atom stereocenters. The molecule has 1 N–H and O–H groups in total. The molecule has 0 atom stereocenters. The van der Waals surface area contributed by atoms with Crippen LogP contribution in [0.1, 0.15) is 0 Å². The monoisotopic (exact) mass is 454 g/mol. The van der Waals surface area contributed by atoms with Gasteiger partial charge < -0.3 is 5.11 Å². The Bertz CT molecular complexity index is 536. The summed E-state index contributed by atoms with van der Waals surface area (Å²) in [5.41, 5.74) is 0. The Labute approximate surface area is 161 Å². The van der Waals surface area contributed by atoms with Crippen molar-refractivity contribution in [1.29, 1.82) is 0 Å². The molecule has 0 aliphatic rings. The van der Waals surface area contributed by atoms with Crippen molar-refractivity contribution in [3.05, 3.63) is 0 Å². The number of aliphatic carboxylic acids is 1. The summed E-state index contributed by atoms with van der Waals surface area (Å²) in [7, 11) is 0. The molecule has 0 aromatic heterocycles. The second kappa shape index (κ2) is 6.93. The van der Waals surface area contributed by atoms with Crippen molar-refractivity contribution in [3.8, 4) is 0 Å². The van der Waals surface area contributed by atoms with Crippen LogP contribution in [0.3, 0.4) is 0 Å². The van der Waals surface area contributed by atoms with Crippen LogP contribution in [0.15, 0.2) is 0 Å². The van der Waals surface area contributed by atoms with Gasteiger partial charge in [-0.15, -0.1) is 0 Å². The van der Waals surface area contributed by atoms with Gasteiger partial charge in [0.2, 0.25) is 0 Å². The van der Waals surface area contributed by atoms with E-state index in [-0.39, 0.29) is 37.7 Å². The summed E-state index contributed by atoms with van der Waals surface area (Å²) in [5, 5.41) is 7.57. The number of hydrogen-bond acceptors (Lipinski definition) is 1. The Balaban J connectivity index is 0. The molecule has 0 rings (SSSR count). The van der Waals surface area contributed by atoms with E-state index in [1.54, 1.807) is 0 Å². The van der Waals surface area contributed by atoms with Gasteiger partial charge in [-0.25, -0.2) is 4.79 Å². The van der Waals surface area contributed by atoms with E-state index in [9.17, 15) is 70.7 Å². The molecule has 152 valence electrons. The van der Waals surface area contributed by atoms with Gasteiger partial charge in [0.25, 0.3) is 0 Å². The normalized spacial score (nSPS) is 15.5. The average Bonchev–Trinajstić information content (AvgIpc) is 2.35. The molecule has 18 heteroatoms. The van der Waals surface area contributed by atoms with E-state index in [1.165, 1.54) is 0 Å². The van der Waals surface area contributed by atoms with Crippen LogP contribution in [-0.2, 0) is 4.79 Å². The first-order chi connectivity index (χ1) is 10.4. The van der Waals surface area contributed by atoms with Crippen LogP contribution in [0.2, 0.25) is 0 Å². The van der Waals surface area contributed by atoms with Crippen molar-refractivity contribution in [2.24, 2.45) is 0 Å². The minimum atomic E-state index is -8.47. The molecule has 0 fully saturated rings. The van der Waals surface area contributed by atoms with Gasteiger partial charge >= 0.3 is 47.7 Å². The van der Waals surface area contributed by atoms with Crippen LogP contribution < -0.4 is 0 Å². The third-order valence-corrected chi connectivity index (χ3v) is 2.60. The van der Waals surface area contributed by atoms with Gasteiger partial charge in [-0.2, -0.15) is 65.9 Å². The van der Waals surface area contributed by atoms with E-state index >= 15 is 0 Å². The van der Waals surface area contributed by atoms with Crippen LogP contribution in [0, 0.1) is 0 Å². The molecule has 0 aromatic carbocycles. The van der Waals surface area contributed by atoms with Gasteiger partial charge in [0, 0.05) is 37.7 Å². The van der Waals surface area contributed by atoms with Crippen LogP contribution in [-0.4, -0.2) is 90.5 Å². The number of carboxylic acids is 1. The summed E-state index contributed by atoms with van der Waals surface area (Å²) < 4.78 is 187. The first kappa shape index (κ1) is 27.9. The molecule has 0 aliphatic heterocycles. The molecular formula is C8HCaF15O2. The van der Waals surface area contributed by atoms with E-state index < -0.39 is 47.7 Å². The zero-order valence-corrected chi connectivity index (χ0v) is 13.4. The zero-order chi connectivity index (χ0) is 21.1. The number of halogens is 15. The van der Waals surface area contributed by atoms with E-state index in [0.717, 1.165) is 0 Å². The topological polar surface area (TPSA) is 37.3 Å². The Kier molecular flexibility index (Phi) is 7.44. The molecule has 0 aliphatic carbocycles. The van der Waals surface area contributed by atoms with Crippen LogP contribution >= 0.6 is 0 Å². The molecule has 0 spiro atoms. The van der Waals surface area contributed by atoms with E-state index in [0.29, 0.717) is 0 Å². The minimum Gasteiger partial charge on any atom is -0.477 e. The largest absolute Gasteiger partial charge is 0.477 e. The second-order valence-electron chi connectivity index (χ2n) is 4.25. The molecule has 0 amide bonds. The molecule has 0 bridgehead atoms. The van der Waals surface area contributed by atoms with Crippen molar-refractivity contribution in [2.45, 2.75) is 41.7 Å². The van der Waals surface area contributed by atoms with Gasteiger partial charge in [0.1, 0.15) is 0 Å². The van der Waals surface area contributed by atoms with Crippen molar-refractivity contribution >= 4 is 43.7 Å². The molecule has 0 saturated heterocycles. The van der Waals surface area contributed by atoms with Crippen LogP contribution in [0.4, 0.5) is 65.9 Å². The number of rotatable bonds is 6. The minimum absolute atomic E-state index is 0. The SMILES string of the molecule is O=C(O)C(F)(F)C(F)(F)C(F)(F)C(F)(F)C(F)(F)C(F)(F)C(F)(F)F.[Ca]. The number of hydrogen-bond donors (Lipinski definition) is 1. The summed E-state index contributed by atoms with van der Waals surface area (Å²) in [4.78, 5) is 9.72. The standard InChI is InChI=1S/C8HF15O2.Ca/c9-2(10,1(24)25)3(11,12)4(13,14)5(15,16)6(17,18)7(19,20)8(21,22)23;/h(H,24,25);. The first-order valence-electron chi connectivity index (χ1n) is 5.01. The third kappa shape index (κ3) is 3.42. The van der Waals surface area contributed by atoms with Crippen LogP contribution in [0.5, 0.6) is 0 Å². The fourth-order valence-electron chi connectivity index (χ4n) is 1.10. The molecule has 0 saturated carbocycles. The maximum atomic E-state index is 12.8. The van der Waals surface area contributed by atoms with Crippen molar-refractivity contribution in [1.82, 2.24) is 0 Å². The maximum Gasteiger partial charge on any atom is 0.460 e. The second-order valence-corrected chi connectivity index (χ2v) is 4.25. The Morgan fingerprint density at radius 2 is 0.731 bits per heavy atom. The summed E-state index contributed by atoms with van der Waals surface area (Å²) in [5.74, 6) is -52.8. The van der Waals surface area contributed by atoms with Gasteiger partial charge in [0.05, 0.1) is 0 Å².